The van der Waals surface area contributed by atoms with E-state index in [4.69, 9.17) is 15.2 Å². The zero-order valence-corrected chi connectivity index (χ0v) is 17.3. The summed E-state index contributed by atoms with van der Waals surface area (Å²) in [5.74, 6) is 0.915. The van der Waals surface area contributed by atoms with Crippen molar-refractivity contribution in [2.24, 2.45) is 0 Å². The topological polar surface area (TPSA) is 93.9 Å². The molecule has 3 N–H and O–H groups in total. The van der Waals surface area contributed by atoms with Gasteiger partial charge in [-0.15, -0.1) is 12.4 Å². The van der Waals surface area contributed by atoms with Gasteiger partial charge in [0, 0.05) is 35.9 Å². The SMILES string of the molecule is COc1ccc(C(=O)N2CCC(NC(=O)c3cccc(N)c3)CC2)cc1OC.Cl. The molecule has 2 amide bonds. The third-order valence-corrected chi connectivity index (χ3v) is 4.90. The van der Waals surface area contributed by atoms with Gasteiger partial charge in [-0.05, 0) is 49.2 Å². The summed E-state index contributed by atoms with van der Waals surface area (Å²) in [6.45, 7) is 1.16. The second kappa shape index (κ2) is 10.0. The van der Waals surface area contributed by atoms with Crippen molar-refractivity contribution in [3.05, 3.63) is 53.6 Å². The number of amides is 2. The maximum Gasteiger partial charge on any atom is 0.253 e. The number of carbonyl (C=O) groups excluding carboxylic acids is 2. The van der Waals surface area contributed by atoms with Crippen LogP contribution in [0.5, 0.6) is 11.5 Å². The first-order chi connectivity index (χ1) is 13.5. The van der Waals surface area contributed by atoms with Crippen molar-refractivity contribution >= 4 is 29.9 Å². The maximum atomic E-state index is 12.8. The van der Waals surface area contributed by atoms with Gasteiger partial charge < -0.3 is 25.4 Å². The van der Waals surface area contributed by atoms with Crippen molar-refractivity contribution in [3.8, 4) is 11.5 Å². The second-order valence-corrected chi connectivity index (χ2v) is 6.74. The Morgan fingerprint density at radius 2 is 1.69 bits per heavy atom. The van der Waals surface area contributed by atoms with E-state index < -0.39 is 0 Å². The molecule has 0 aliphatic carbocycles. The number of methoxy groups -OCH3 is 2. The summed E-state index contributed by atoms with van der Waals surface area (Å²) in [5, 5.41) is 3.03. The monoisotopic (exact) mass is 419 g/mol. The van der Waals surface area contributed by atoms with E-state index >= 15 is 0 Å². The largest absolute Gasteiger partial charge is 0.493 e. The number of hydrogen-bond donors (Lipinski definition) is 2. The third-order valence-electron chi connectivity index (χ3n) is 4.90. The first kappa shape index (κ1) is 22.4. The average Bonchev–Trinajstić information content (AvgIpc) is 2.73. The Bertz CT molecular complexity index is 867. The first-order valence-electron chi connectivity index (χ1n) is 9.19. The van der Waals surface area contributed by atoms with Crippen molar-refractivity contribution in [2.75, 3.05) is 33.0 Å². The molecule has 2 aromatic rings. The van der Waals surface area contributed by atoms with Crippen LogP contribution in [-0.4, -0.2) is 50.1 Å². The molecule has 8 heteroatoms. The lowest BCUT2D eigenvalue weighted by atomic mass is 10.0. The molecule has 1 heterocycles. The number of ether oxygens (including phenoxy) is 2. The summed E-state index contributed by atoms with van der Waals surface area (Å²) in [7, 11) is 3.10. The van der Waals surface area contributed by atoms with E-state index in [-0.39, 0.29) is 30.3 Å². The molecule has 7 nitrogen and oxygen atoms in total. The average molecular weight is 420 g/mol. The molecule has 3 rings (SSSR count). The number of nitrogens with zero attached hydrogens (tertiary/aromatic N) is 1. The van der Waals surface area contributed by atoms with Crippen LogP contribution in [-0.2, 0) is 0 Å². The minimum absolute atomic E-state index is 0. The molecule has 0 saturated carbocycles. The number of nitrogen functional groups attached to an aromatic ring is 1. The van der Waals surface area contributed by atoms with Crippen LogP contribution in [0, 0.1) is 0 Å². The van der Waals surface area contributed by atoms with Crippen LogP contribution in [0.1, 0.15) is 33.6 Å². The van der Waals surface area contributed by atoms with E-state index in [1.165, 1.54) is 0 Å². The molecule has 156 valence electrons. The van der Waals surface area contributed by atoms with Crippen LogP contribution in [0.3, 0.4) is 0 Å². The van der Waals surface area contributed by atoms with E-state index in [2.05, 4.69) is 5.32 Å². The Hall–Kier alpha value is -2.93. The lowest BCUT2D eigenvalue weighted by Crippen LogP contribution is -2.46. The summed E-state index contributed by atoms with van der Waals surface area (Å²) >= 11 is 0. The molecule has 0 spiro atoms. The highest BCUT2D eigenvalue weighted by molar-refractivity contribution is 5.96. The zero-order valence-electron chi connectivity index (χ0n) is 16.5. The molecule has 0 atom stereocenters. The van der Waals surface area contributed by atoms with Crippen LogP contribution in [0.15, 0.2) is 42.5 Å². The molecule has 0 aromatic heterocycles. The maximum absolute atomic E-state index is 12.8. The number of likely N-dealkylation sites (tertiary alicyclic amines) is 1. The predicted molar refractivity (Wildman–Crippen MR) is 114 cm³/mol. The highest BCUT2D eigenvalue weighted by Crippen LogP contribution is 2.28. The molecule has 0 bridgehead atoms. The summed E-state index contributed by atoms with van der Waals surface area (Å²) in [4.78, 5) is 26.9. The van der Waals surface area contributed by atoms with Crippen LogP contribution >= 0.6 is 12.4 Å². The number of anilines is 1. The molecule has 0 unspecified atom stereocenters. The Kier molecular flexibility index (Phi) is 7.73. The number of nitrogens with one attached hydrogen (secondary N) is 1. The first-order valence-corrected chi connectivity index (χ1v) is 9.19. The molecule has 1 fully saturated rings. The Labute approximate surface area is 176 Å². The van der Waals surface area contributed by atoms with Crippen molar-refractivity contribution < 1.29 is 19.1 Å². The lowest BCUT2D eigenvalue weighted by molar-refractivity contribution is 0.0697. The van der Waals surface area contributed by atoms with Crippen molar-refractivity contribution in [1.29, 1.82) is 0 Å². The van der Waals surface area contributed by atoms with Gasteiger partial charge >= 0.3 is 0 Å². The minimum Gasteiger partial charge on any atom is -0.493 e. The van der Waals surface area contributed by atoms with Crippen molar-refractivity contribution in [2.45, 2.75) is 18.9 Å². The van der Waals surface area contributed by atoms with Crippen LogP contribution in [0.4, 0.5) is 5.69 Å². The molecular weight excluding hydrogens is 394 g/mol. The summed E-state index contributed by atoms with van der Waals surface area (Å²) in [6.07, 6.45) is 1.40. The predicted octanol–water partition coefficient (Wildman–Crippen LogP) is 2.74. The fourth-order valence-corrected chi connectivity index (χ4v) is 3.33. The Morgan fingerprint density at radius 1 is 1.00 bits per heavy atom. The van der Waals surface area contributed by atoms with E-state index in [1.54, 1.807) is 61.6 Å². The summed E-state index contributed by atoms with van der Waals surface area (Å²) in [5.41, 5.74) is 7.39. The second-order valence-electron chi connectivity index (χ2n) is 6.74. The van der Waals surface area contributed by atoms with E-state index in [9.17, 15) is 9.59 Å². The highest BCUT2D eigenvalue weighted by Gasteiger charge is 2.25. The number of carbonyl (C=O) groups is 2. The fraction of sp³-hybridized carbons (Fsp3) is 0.333. The van der Waals surface area contributed by atoms with Gasteiger partial charge in [0.15, 0.2) is 11.5 Å². The minimum atomic E-state index is -0.142. The summed E-state index contributed by atoms with van der Waals surface area (Å²) < 4.78 is 10.5. The fourth-order valence-electron chi connectivity index (χ4n) is 3.33. The van der Waals surface area contributed by atoms with Gasteiger partial charge in [-0.2, -0.15) is 0 Å². The Balaban J connectivity index is 0.00000300. The Morgan fingerprint density at radius 3 is 2.31 bits per heavy atom. The third kappa shape index (κ3) is 5.32. The van der Waals surface area contributed by atoms with Gasteiger partial charge in [0.25, 0.3) is 11.8 Å². The molecule has 2 aromatic carbocycles. The van der Waals surface area contributed by atoms with Gasteiger partial charge in [-0.3, -0.25) is 9.59 Å². The van der Waals surface area contributed by atoms with Gasteiger partial charge in [-0.25, -0.2) is 0 Å². The standard InChI is InChI=1S/C21H25N3O4.ClH/c1-27-18-7-6-15(13-19(18)28-2)21(26)24-10-8-17(9-11-24)23-20(25)14-4-3-5-16(22)12-14;/h3-7,12-13,17H,8-11,22H2,1-2H3,(H,23,25);1H. The molecule has 1 aliphatic rings. The smallest absolute Gasteiger partial charge is 0.253 e. The van der Waals surface area contributed by atoms with Crippen LogP contribution in [0.25, 0.3) is 0 Å². The molecule has 29 heavy (non-hydrogen) atoms. The molecule has 1 aliphatic heterocycles. The number of benzene rings is 2. The molecule has 0 radical (unpaired) electrons. The number of piperidine rings is 1. The van der Waals surface area contributed by atoms with Gasteiger partial charge in [0.05, 0.1) is 14.2 Å². The van der Waals surface area contributed by atoms with E-state index in [0.29, 0.717) is 54.2 Å². The zero-order chi connectivity index (χ0) is 20.1. The van der Waals surface area contributed by atoms with Crippen molar-refractivity contribution in [3.63, 3.8) is 0 Å². The lowest BCUT2D eigenvalue weighted by Gasteiger charge is -2.32. The van der Waals surface area contributed by atoms with Gasteiger partial charge in [0.2, 0.25) is 0 Å². The highest BCUT2D eigenvalue weighted by atomic mass is 35.5. The van der Waals surface area contributed by atoms with Crippen LogP contribution < -0.4 is 20.5 Å². The molecule has 1 saturated heterocycles. The van der Waals surface area contributed by atoms with E-state index in [0.717, 1.165) is 0 Å². The van der Waals surface area contributed by atoms with Crippen molar-refractivity contribution in [1.82, 2.24) is 10.2 Å². The number of hydrogen-bond acceptors (Lipinski definition) is 5. The quantitative estimate of drug-likeness (QED) is 0.727. The van der Waals surface area contributed by atoms with Gasteiger partial charge in [0.1, 0.15) is 0 Å². The van der Waals surface area contributed by atoms with E-state index in [1.807, 2.05) is 0 Å². The molecular formula is C21H26ClN3O4. The normalized spacial score (nSPS) is 13.9. The van der Waals surface area contributed by atoms with Crippen LogP contribution in [0.2, 0.25) is 0 Å². The number of rotatable bonds is 5. The van der Waals surface area contributed by atoms with Gasteiger partial charge in [-0.1, -0.05) is 6.07 Å². The summed E-state index contributed by atoms with van der Waals surface area (Å²) in [6, 6.07) is 12.1. The number of nitrogens with two attached hydrogens (primary N) is 1. The number of halogens is 1.